The van der Waals surface area contributed by atoms with Gasteiger partial charge in [0.1, 0.15) is 0 Å². The summed E-state index contributed by atoms with van der Waals surface area (Å²) in [4.78, 5) is 28.4. The molecule has 2 unspecified atom stereocenters. The van der Waals surface area contributed by atoms with Crippen molar-refractivity contribution >= 4 is 17.5 Å². The van der Waals surface area contributed by atoms with Crippen LogP contribution in [-0.4, -0.2) is 66.8 Å². The van der Waals surface area contributed by atoms with E-state index >= 15 is 0 Å². The molecule has 2 N–H and O–H groups in total. The van der Waals surface area contributed by atoms with Gasteiger partial charge in [0.05, 0.1) is 32.0 Å². The van der Waals surface area contributed by atoms with Crippen LogP contribution in [-0.2, 0) is 16.0 Å². The zero-order chi connectivity index (χ0) is 25.9. The van der Waals surface area contributed by atoms with Crippen molar-refractivity contribution < 1.29 is 19.1 Å². The zero-order valence-corrected chi connectivity index (χ0v) is 21.6. The Morgan fingerprint density at radius 2 is 1.70 bits per heavy atom. The molecule has 8 nitrogen and oxygen atoms in total. The van der Waals surface area contributed by atoms with E-state index in [1.807, 2.05) is 53.4 Å². The number of carbonyl (C=O) groups excluding carboxylic acids is 2. The van der Waals surface area contributed by atoms with Crippen molar-refractivity contribution in [3.05, 3.63) is 59.7 Å². The molecule has 0 radical (unpaired) electrons. The number of benzene rings is 2. The lowest BCUT2D eigenvalue weighted by atomic mass is 9.85. The minimum atomic E-state index is -0.565. The Morgan fingerprint density at radius 3 is 2.41 bits per heavy atom. The van der Waals surface area contributed by atoms with Gasteiger partial charge in [-0.3, -0.25) is 9.59 Å². The molecule has 196 valence electrons. The van der Waals surface area contributed by atoms with E-state index in [1.54, 1.807) is 19.2 Å². The van der Waals surface area contributed by atoms with Crippen molar-refractivity contribution in [2.24, 2.45) is 22.7 Å². The third kappa shape index (κ3) is 5.07. The van der Waals surface area contributed by atoms with Gasteiger partial charge in [-0.05, 0) is 55.9 Å². The van der Waals surface area contributed by atoms with Crippen molar-refractivity contribution in [1.82, 2.24) is 9.91 Å². The van der Waals surface area contributed by atoms with Crippen molar-refractivity contribution in [1.29, 1.82) is 0 Å². The largest absolute Gasteiger partial charge is 0.493 e. The van der Waals surface area contributed by atoms with Gasteiger partial charge in [0.2, 0.25) is 11.8 Å². The SMILES string of the molecule is COc1ccc(C2=NN(C3CCN(C(=O)[C@H](N)Cc4ccccc4)CC3)C(=O)C3CCCC23)cc1OC. The number of carbonyl (C=O) groups is 2. The molecule has 3 atom stereocenters. The van der Waals surface area contributed by atoms with Crippen LogP contribution in [0.15, 0.2) is 53.6 Å². The molecule has 2 aromatic carbocycles. The van der Waals surface area contributed by atoms with E-state index in [0.717, 1.165) is 36.1 Å². The number of hydrazone groups is 1. The number of piperidine rings is 1. The van der Waals surface area contributed by atoms with Crippen molar-refractivity contribution in [2.45, 2.75) is 50.6 Å². The second-order valence-electron chi connectivity index (χ2n) is 10.2. The fourth-order valence-corrected chi connectivity index (χ4v) is 6.04. The topological polar surface area (TPSA) is 97.5 Å². The van der Waals surface area contributed by atoms with Crippen molar-refractivity contribution in [2.75, 3.05) is 27.3 Å². The maximum absolute atomic E-state index is 13.5. The Morgan fingerprint density at radius 1 is 1.00 bits per heavy atom. The quantitative estimate of drug-likeness (QED) is 0.625. The minimum Gasteiger partial charge on any atom is -0.493 e. The van der Waals surface area contributed by atoms with E-state index in [-0.39, 0.29) is 29.7 Å². The Balaban J connectivity index is 1.30. The minimum absolute atomic E-state index is 0.0291. The van der Waals surface area contributed by atoms with Crippen molar-refractivity contribution in [3.63, 3.8) is 0 Å². The lowest BCUT2D eigenvalue weighted by Gasteiger charge is -2.41. The lowest BCUT2D eigenvalue weighted by Crippen LogP contribution is -2.54. The average molecular weight is 505 g/mol. The molecule has 2 aromatic rings. The number of methoxy groups -OCH3 is 2. The maximum Gasteiger partial charge on any atom is 0.246 e. The van der Waals surface area contributed by atoms with Gasteiger partial charge in [0, 0.05) is 30.5 Å². The van der Waals surface area contributed by atoms with Gasteiger partial charge in [-0.2, -0.15) is 5.10 Å². The zero-order valence-electron chi connectivity index (χ0n) is 21.6. The first-order valence-corrected chi connectivity index (χ1v) is 13.2. The number of nitrogens with zero attached hydrogens (tertiary/aromatic N) is 3. The first-order chi connectivity index (χ1) is 18.0. The highest BCUT2D eigenvalue weighted by Crippen LogP contribution is 2.41. The van der Waals surface area contributed by atoms with Crippen LogP contribution in [0.1, 0.15) is 43.2 Å². The van der Waals surface area contributed by atoms with Crippen LogP contribution >= 0.6 is 0 Å². The standard InChI is InChI=1S/C29H36N4O4/c1-36-25-12-11-20(18-26(25)37-2)27-22-9-6-10-23(22)28(34)33(31-27)21-13-15-32(16-14-21)29(35)24(30)17-19-7-4-3-5-8-19/h3-5,7-8,11-12,18,21-24H,6,9-10,13-17,30H2,1-2H3/t22?,23?,24-/m1/s1. The van der Waals surface area contributed by atoms with Crippen LogP contribution in [0.2, 0.25) is 0 Å². The molecule has 2 heterocycles. The van der Waals surface area contributed by atoms with E-state index in [0.29, 0.717) is 43.9 Å². The highest BCUT2D eigenvalue weighted by atomic mass is 16.5. The predicted octanol–water partition coefficient (Wildman–Crippen LogP) is 3.23. The molecule has 0 spiro atoms. The van der Waals surface area contributed by atoms with E-state index in [9.17, 15) is 9.59 Å². The molecular formula is C29H36N4O4. The number of amides is 2. The Kier molecular flexibility index (Phi) is 7.46. The first kappa shape index (κ1) is 25.3. The lowest BCUT2D eigenvalue weighted by molar-refractivity contribution is -0.142. The second-order valence-corrected chi connectivity index (χ2v) is 10.2. The molecule has 1 saturated carbocycles. The van der Waals surface area contributed by atoms with Gasteiger partial charge in [0.25, 0.3) is 0 Å². The summed E-state index contributed by atoms with van der Waals surface area (Å²) in [5.74, 6) is 1.49. The summed E-state index contributed by atoms with van der Waals surface area (Å²) >= 11 is 0. The highest BCUT2D eigenvalue weighted by molar-refractivity contribution is 6.07. The molecule has 3 aliphatic rings. The molecule has 1 aliphatic carbocycles. The average Bonchev–Trinajstić information content (AvgIpc) is 3.44. The van der Waals surface area contributed by atoms with Crippen LogP contribution in [0.25, 0.3) is 0 Å². The van der Waals surface area contributed by atoms with Gasteiger partial charge < -0.3 is 20.1 Å². The predicted molar refractivity (Wildman–Crippen MR) is 141 cm³/mol. The second kappa shape index (κ2) is 10.9. The molecule has 1 saturated heterocycles. The third-order valence-corrected chi connectivity index (χ3v) is 8.04. The molecule has 0 bridgehead atoms. The van der Waals surface area contributed by atoms with E-state index < -0.39 is 6.04 Å². The number of ether oxygens (including phenoxy) is 2. The fourth-order valence-electron chi connectivity index (χ4n) is 6.04. The van der Waals surface area contributed by atoms with Crippen LogP contribution in [0.3, 0.4) is 0 Å². The summed E-state index contributed by atoms with van der Waals surface area (Å²) < 4.78 is 10.9. The summed E-state index contributed by atoms with van der Waals surface area (Å²) in [6.07, 6.45) is 4.77. The maximum atomic E-state index is 13.5. The smallest absolute Gasteiger partial charge is 0.246 e. The molecule has 5 rings (SSSR count). The summed E-state index contributed by atoms with van der Waals surface area (Å²) in [7, 11) is 3.24. The first-order valence-electron chi connectivity index (χ1n) is 13.2. The van der Waals surface area contributed by atoms with E-state index in [1.165, 1.54) is 0 Å². The molecule has 2 amide bonds. The van der Waals surface area contributed by atoms with Gasteiger partial charge >= 0.3 is 0 Å². The number of likely N-dealkylation sites (tertiary alicyclic amines) is 1. The molecule has 2 aliphatic heterocycles. The number of hydrogen-bond donors (Lipinski definition) is 1. The van der Waals surface area contributed by atoms with Gasteiger partial charge in [0.15, 0.2) is 11.5 Å². The monoisotopic (exact) mass is 504 g/mol. The van der Waals surface area contributed by atoms with Gasteiger partial charge in [-0.15, -0.1) is 0 Å². The summed E-state index contributed by atoms with van der Waals surface area (Å²) in [5, 5.41) is 6.69. The third-order valence-electron chi connectivity index (χ3n) is 8.04. The Hall–Kier alpha value is -3.39. The normalized spacial score (nSPS) is 22.9. The summed E-state index contributed by atoms with van der Waals surface area (Å²) in [6, 6.07) is 15.1. The number of hydrogen-bond acceptors (Lipinski definition) is 6. The van der Waals surface area contributed by atoms with E-state index in [4.69, 9.17) is 20.3 Å². The molecule has 8 heteroatoms. The fraction of sp³-hybridized carbons (Fsp3) is 0.483. The number of fused-ring (bicyclic) bond motifs is 1. The molecule has 37 heavy (non-hydrogen) atoms. The van der Waals surface area contributed by atoms with Crippen LogP contribution in [0.4, 0.5) is 0 Å². The molecule has 0 aromatic heterocycles. The Labute approximate surface area is 218 Å². The Bertz CT molecular complexity index is 1160. The number of nitrogens with two attached hydrogens (primary N) is 1. The van der Waals surface area contributed by atoms with Crippen LogP contribution in [0.5, 0.6) is 11.5 Å². The van der Waals surface area contributed by atoms with Gasteiger partial charge in [-0.1, -0.05) is 36.8 Å². The van der Waals surface area contributed by atoms with Crippen molar-refractivity contribution in [3.8, 4) is 11.5 Å². The number of rotatable bonds is 7. The summed E-state index contributed by atoms with van der Waals surface area (Å²) in [5.41, 5.74) is 9.24. The highest BCUT2D eigenvalue weighted by Gasteiger charge is 2.45. The summed E-state index contributed by atoms with van der Waals surface area (Å²) in [6.45, 7) is 1.15. The van der Waals surface area contributed by atoms with Crippen LogP contribution in [0, 0.1) is 11.8 Å². The van der Waals surface area contributed by atoms with E-state index in [2.05, 4.69) is 0 Å². The molecular weight excluding hydrogens is 468 g/mol. The van der Waals surface area contributed by atoms with Crippen LogP contribution < -0.4 is 15.2 Å². The van der Waals surface area contributed by atoms with Gasteiger partial charge in [-0.25, -0.2) is 5.01 Å². The molecule has 2 fully saturated rings.